The third-order valence-electron chi connectivity index (χ3n) is 3.55. The molecular weight excluding hydrogens is 284 g/mol. The van der Waals surface area contributed by atoms with Crippen LogP contribution in [0.4, 0.5) is 5.69 Å². The first-order valence-corrected chi connectivity index (χ1v) is 7.12. The number of halogens is 1. The number of nitrogens with one attached hydrogen (secondary N) is 1. The number of carbonyl (C=O) groups excluding carboxylic acids is 1. The maximum atomic E-state index is 12.7. The van der Waals surface area contributed by atoms with Crippen LogP contribution in [0.3, 0.4) is 0 Å². The number of rotatable bonds is 3. The molecule has 1 aliphatic heterocycles. The van der Waals surface area contributed by atoms with Crippen LogP contribution in [0, 0.1) is 0 Å². The second-order valence-electron chi connectivity index (χ2n) is 4.86. The highest BCUT2D eigenvalue weighted by Gasteiger charge is 2.32. The molecule has 1 aliphatic rings. The van der Waals surface area contributed by atoms with E-state index in [1.54, 1.807) is 11.0 Å². The standard InChI is InChI=1S/C17H15ClN2O/c1-2-11-20-16(12-7-3-5-9-14(12)18)19-15-10-6-4-8-13(15)17(20)21/h2-10,16,19H,1,11H2. The third-order valence-corrected chi connectivity index (χ3v) is 3.89. The predicted molar refractivity (Wildman–Crippen MR) is 85.5 cm³/mol. The zero-order chi connectivity index (χ0) is 14.8. The molecule has 0 fully saturated rings. The Morgan fingerprint density at radius 3 is 2.67 bits per heavy atom. The molecule has 0 saturated carbocycles. The highest BCUT2D eigenvalue weighted by Crippen LogP contribution is 2.35. The van der Waals surface area contributed by atoms with Gasteiger partial charge in [-0.25, -0.2) is 0 Å². The van der Waals surface area contributed by atoms with Crippen molar-refractivity contribution in [3.05, 3.63) is 77.3 Å². The predicted octanol–water partition coefficient (Wildman–Crippen LogP) is 4.09. The second-order valence-corrected chi connectivity index (χ2v) is 5.27. The fraction of sp³-hybridized carbons (Fsp3) is 0.118. The van der Waals surface area contributed by atoms with Crippen LogP contribution in [0.1, 0.15) is 22.1 Å². The molecule has 0 radical (unpaired) electrons. The van der Waals surface area contributed by atoms with Crippen molar-refractivity contribution in [1.82, 2.24) is 4.90 Å². The van der Waals surface area contributed by atoms with Gasteiger partial charge in [-0.05, 0) is 18.2 Å². The van der Waals surface area contributed by atoms with Crippen molar-refractivity contribution in [2.24, 2.45) is 0 Å². The zero-order valence-electron chi connectivity index (χ0n) is 11.4. The molecule has 0 spiro atoms. The summed E-state index contributed by atoms with van der Waals surface area (Å²) in [5.41, 5.74) is 2.37. The lowest BCUT2D eigenvalue weighted by Crippen LogP contribution is -2.43. The van der Waals surface area contributed by atoms with E-state index in [2.05, 4.69) is 11.9 Å². The average molecular weight is 299 g/mol. The summed E-state index contributed by atoms with van der Waals surface area (Å²) in [5, 5.41) is 4.03. The lowest BCUT2D eigenvalue weighted by molar-refractivity contribution is 0.0707. The van der Waals surface area contributed by atoms with Crippen LogP contribution in [0.5, 0.6) is 0 Å². The molecule has 2 aromatic rings. The van der Waals surface area contributed by atoms with Gasteiger partial charge in [0.25, 0.3) is 5.91 Å². The molecule has 0 aromatic heterocycles. The highest BCUT2D eigenvalue weighted by molar-refractivity contribution is 6.31. The quantitative estimate of drug-likeness (QED) is 0.866. The lowest BCUT2D eigenvalue weighted by Gasteiger charge is -2.37. The molecule has 0 aliphatic carbocycles. The summed E-state index contributed by atoms with van der Waals surface area (Å²) in [6, 6.07) is 15.0. The zero-order valence-corrected chi connectivity index (χ0v) is 12.2. The summed E-state index contributed by atoms with van der Waals surface area (Å²) >= 11 is 6.29. The number of benzene rings is 2. The first-order chi connectivity index (χ1) is 10.2. The summed E-state index contributed by atoms with van der Waals surface area (Å²) in [4.78, 5) is 14.4. The topological polar surface area (TPSA) is 32.3 Å². The molecule has 1 amide bonds. The van der Waals surface area contributed by atoms with E-state index in [0.29, 0.717) is 17.1 Å². The van der Waals surface area contributed by atoms with E-state index >= 15 is 0 Å². The minimum atomic E-state index is -0.293. The van der Waals surface area contributed by atoms with Gasteiger partial charge < -0.3 is 10.2 Å². The molecule has 0 bridgehead atoms. The van der Waals surface area contributed by atoms with E-state index < -0.39 is 0 Å². The number of para-hydroxylation sites is 1. The van der Waals surface area contributed by atoms with Crippen LogP contribution >= 0.6 is 11.6 Å². The molecule has 3 nitrogen and oxygen atoms in total. The summed E-state index contributed by atoms with van der Waals surface area (Å²) < 4.78 is 0. The van der Waals surface area contributed by atoms with Crippen molar-refractivity contribution >= 4 is 23.2 Å². The Bertz CT molecular complexity index is 699. The Labute approximate surface area is 128 Å². The van der Waals surface area contributed by atoms with Crippen LogP contribution in [-0.4, -0.2) is 17.4 Å². The molecule has 1 heterocycles. The van der Waals surface area contributed by atoms with Crippen molar-refractivity contribution in [3.63, 3.8) is 0 Å². The number of hydrogen-bond donors (Lipinski definition) is 1. The molecule has 1 atom stereocenters. The van der Waals surface area contributed by atoms with Crippen LogP contribution in [0.25, 0.3) is 0 Å². The molecule has 0 saturated heterocycles. The first-order valence-electron chi connectivity index (χ1n) is 6.74. The van der Waals surface area contributed by atoms with E-state index in [-0.39, 0.29) is 12.1 Å². The largest absolute Gasteiger partial charge is 0.361 e. The molecule has 2 aromatic carbocycles. The third kappa shape index (κ3) is 2.41. The van der Waals surface area contributed by atoms with Gasteiger partial charge in [0.1, 0.15) is 6.17 Å². The Morgan fingerprint density at radius 1 is 1.19 bits per heavy atom. The minimum Gasteiger partial charge on any atom is -0.361 e. The monoisotopic (exact) mass is 298 g/mol. The number of amides is 1. The number of carbonyl (C=O) groups is 1. The van der Waals surface area contributed by atoms with Crippen molar-refractivity contribution in [2.45, 2.75) is 6.17 Å². The van der Waals surface area contributed by atoms with Crippen LogP contribution in [0.15, 0.2) is 61.2 Å². The number of fused-ring (bicyclic) bond motifs is 1. The molecule has 1 N–H and O–H groups in total. The maximum Gasteiger partial charge on any atom is 0.258 e. The van der Waals surface area contributed by atoms with Crippen molar-refractivity contribution in [2.75, 3.05) is 11.9 Å². The Kier molecular flexibility index (Phi) is 3.67. The normalized spacial score (nSPS) is 17.1. The lowest BCUT2D eigenvalue weighted by atomic mass is 10.0. The van der Waals surface area contributed by atoms with E-state index in [0.717, 1.165) is 11.3 Å². The van der Waals surface area contributed by atoms with E-state index in [1.165, 1.54) is 0 Å². The Balaban J connectivity index is 2.09. The van der Waals surface area contributed by atoms with Gasteiger partial charge in [-0.2, -0.15) is 0 Å². The minimum absolute atomic E-state index is 0.0193. The summed E-state index contributed by atoms with van der Waals surface area (Å²) in [5.74, 6) is -0.0193. The van der Waals surface area contributed by atoms with E-state index in [4.69, 9.17) is 11.6 Å². The highest BCUT2D eigenvalue weighted by atomic mass is 35.5. The van der Waals surface area contributed by atoms with Gasteiger partial charge in [0, 0.05) is 22.8 Å². The first kappa shape index (κ1) is 13.7. The van der Waals surface area contributed by atoms with Gasteiger partial charge in [-0.15, -0.1) is 6.58 Å². The Hall–Kier alpha value is -2.26. The number of nitrogens with zero attached hydrogens (tertiary/aromatic N) is 1. The van der Waals surface area contributed by atoms with Crippen molar-refractivity contribution < 1.29 is 4.79 Å². The van der Waals surface area contributed by atoms with Crippen LogP contribution in [0.2, 0.25) is 5.02 Å². The van der Waals surface area contributed by atoms with Gasteiger partial charge >= 0.3 is 0 Å². The smallest absolute Gasteiger partial charge is 0.258 e. The van der Waals surface area contributed by atoms with Gasteiger partial charge in [-0.3, -0.25) is 4.79 Å². The molecule has 1 unspecified atom stereocenters. The van der Waals surface area contributed by atoms with Gasteiger partial charge in [0.2, 0.25) is 0 Å². The van der Waals surface area contributed by atoms with Gasteiger partial charge in [-0.1, -0.05) is 48.0 Å². The number of hydrogen-bond acceptors (Lipinski definition) is 2. The van der Waals surface area contributed by atoms with E-state index in [1.807, 2.05) is 48.5 Å². The summed E-state index contributed by atoms with van der Waals surface area (Å²) in [7, 11) is 0. The average Bonchev–Trinajstić information content (AvgIpc) is 2.51. The summed E-state index contributed by atoms with van der Waals surface area (Å²) in [6.45, 7) is 4.20. The molecule has 3 rings (SSSR count). The molecule has 106 valence electrons. The summed E-state index contributed by atoms with van der Waals surface area (Å²) in [6.07, 6.45) is 1.43. The van der Waals surface area contributed by atoms with Gasteiger partial charge in [0.05, 0.1) is 5.56 Å². The van der Waals surface area contributed by atoms with Crippen molar-refractivity contribution in [3.8, 4) is 0 Å². The number of anilines is 1. The second kappa shape index (κ2) is 5.62. The van der Waals surface area contributed by atoms with Crippen LogP contribution < -0.4 is 5.32 Å². The molecule has 21 heavy (non-hydrogen) atoms. The SMILES string of the molecule is C=CCN1C(=O)c2ccccc2NC1c1ccccc1Cl. The van der Waals surface area contributed by atoms with Crippen LogP contribution in [-0.2, 0) is 0 Å². The fourth-order valence-electron chi connectivity index (χ4n) is 2.56. The molecule has 4 heteroatoms. The fourth-order valence-corrected chi connectivity index (χ4v) is 2.80. The Morgan fingerprint density at radius 2 is 1.90 bits per heavy atom. The van der Waals surface area contributed by atoms with E-state index in [9.17, 15) is 4.79 Å². The van der Waals surface area contributed by atoms with Crippen molar-refractivity contribution in [1.29, 1.82) is 0 Å². The van der Waals surface area contributed by atoms with Gasteiger partial charge in [0.15, 0.2) is 0 Å². The molecular formula is C17H15ClN2O. The maximum absolute atomic E-state index is 12.7.